The van der Waals surface area contributed by atoms with Crippen molar-refractivity contribution in [1.82, 2.24) is 9.55 Å². The van der Waals surface area contributed by atoms with Gasteiger partial charge in [0, 0.05) is 25.4 Å². The number of benzene rings is 1. The first-order valence-corrected chi connectivity index (χ1v) is 6.16. The number of nitrogens with zero attached hydrogens (tertiary/aromatic N) is 2. The van der Waals surface area contributed by atoms with E-state index >= 15 is 0 Å². The molecule has 0 aliphatic heterocycles. The van der Waals surface area contributed by atoms with E-state index < -0.39 is 0 Å². The summed E-state index contributed by atoms with van der Waals surface area (Å²) in [5.41, 5.74) is 6.86. The second-order valence-corrected chi connectivity index (χ2v) is 4.17. The van der Waals surface area contributed by atoms with Crippen LogP contribution < -0.4 is 10.5 Å². The average molecular weight is 245 g/mol. The molecule has 2 N–H and O–H groups in total. The van der Waals surface area contributed by atoms with E-state index in [4.69, 9.17) is 10.5 Å². The minimum absolute atomic E-state index is 0.638. The predicted molar refractivity (Wildman–Crippen MR) is 71.7 cm³/mol. The molecule has 1 aromatic carbocycles. The van der Waals surface area contributed by atoms with Crippen molar-refractivity contribution in [2.24, 2.45) is 5.73 Å². The highest BCUT2D eigenvalue weighted by Gasteiger charge is 2.02. The zero-order valence-electron chi connectivity index (χ0n) is 10.7. The number of rotatable bonds is 6. The van der Waals surface area contributed by atoms with Crippen LogP contribution in [0.5, 0.6) is 5.75 Å². The minimum atomic E-state index is 0.638. The van der Waals surface area contributed by atoms with Crippen LogP contribution in [0.1, 0.15) is 11.4 Å². The Morgan fingerprint density at radius 1 is 1.22 bits per heavy atom. The van der Waals surface area contributed by atoms with Crippen LogP contribution in [-0.2, 0) is 19.4 Å². The summed E-state index contributed by atoms with van der Waals surface area (Å²) in [4.78, 5) is 4.31. The van der Waals surface area contributed by atoms with Crippen LogP contribution in [0.4, 0.5) is 0 Å². The molecular weight excluding hydrogens is 226 g/mol. The van der Waals surface area contributed by atoms with E-state index in [0.29, 0.717) is 6.54 Å². The van der Waals surface area contributed by atoms with Crippen LogP contribution in [0.3, 0.4) is 0 Å². The molecule has 0 aliphatic carbocycles. The molecule has 4 heteroatoms. The molecule has 0 bridgehead atoms. The van der Waals surface area contributed by atoms with Gasteiger partial charge in [-0.3, -0.25) is 0 Å². The van der Waals surface area contributed by atoms with Crippen molar-refractivity contribution in [3.8, 4) is 5.75 Å². The lowest BCUT2D eigenvalue weighted by molar-refractivity contribution is 0.414. The first kappa shape index (κ1) is 12.6. The summed E-state index contributed by atoms with van der Waals surface area (Å²) in [7, 11) is 1.68. The number of imidazole rings is 1. The molecular formula is C14H19N3O. The van der Waals surface area contributed by atoms with Crippen LogP contribution in [-0.4, -0.2) is 23.2 Å². The Morgan fingerprint density at radius 2 is 2.00 bits per heavy atom. The molecule has 2 rings (SSSR count). The molecule has 0 saturated heterocycles. The summed E-state index contributed by atoms with van der Waals surface area (Å²) < 4.78 is 7.31. The van der Waals surface area contributed by atoms with Gasteiger partial charge in [0.25, 0.3) is 0 Å². The van der Waals surface area contributed by atoms with Crippen molar-refractivity contribution in [2.45, 2.75) is 19.4 Å². The van der Waals surface area contributed by atoms with E-state index in [1.165, 1.54) is 5.56 Å². The quantitative estimate of drug-likeness (QED) is 0.841. The van der Waals surface area contributed by atoms with E-state index in [1.807, 2.05) is 24.5 Å². The number of hydrogen-bond donors (Lipinski definition) is 1. The van der Waals surface area contributed by atoms with Gasteiger partial charge >= 0.3 is 0 Å². The summed E-state index contributed by atoms with van der Waals surface area (Å²) in [6, 6.07) is 8.17. The Bertz CT molecular complexity index is 476. The fourth-order valence-electron chi connectivity index (χ4n) is 1.94. The maximum Gasteiger partial charge on any atom is 0.118 e. The van der Waals surface area contributed by atoms with Crippen molar-refractivity contribution < 1.29 is 4.74 Å². The second-order valence-electron chi connectivity index (χ2n) is 4.17. The van der Waals surface area contributed by atoms with Crippen LogP contribution in [0, 0.1) is 0 Å². The maximum atomic E-state index is 5.56. The molecule has 0 atom stereocenters. The largest absolute Gasteiger partial charge is 0.497 e. The van der Waals surface area contributed by atoms with Crippen LogP contribution in [0.2, 0.25) is 0 Å². The van der Waals surface area contributed by atoms with Gasteiger partial charge in [0.1, 0.15) is 11.6 Å². The maximum absolute atomic E-state index is 5.56. The average Bonchev–Trinajstić information content (AvgIpc) is 2.85. The number of hydrogen-bond acceptors (Lipinski definition) is 3. The smallest absolute Gasteiger partial charge is 0.118 e. The SMILES string of the molecule is COc1ccc(CCn2ccnc2CCN)cc1. The van der Waals surface area contributed by atoms with Crippen molar-refractivity contribution in [3.05, 3.63) is 48.0 Å². The summed E-state index contributed by atoms with van der Waals surface area (Å²) in [6.07, 6.45) is 5.65. The van der Waals surface area contributed by atoms with Crippen molar-refractivity contribution in [3.63, 3.8) is 0 Å². The van der Waals surface area contributed by atoms with Gasteiger partial charge in [-0.05, 0) is 30.7 Å². The van der Waals surface area contributed by atoms with Gasteiger partial charge in [-0.2, -0.15) is 0 Å². The van der Waals surface area contributed by atoms with Gasteiger partial charge in [0.2, 0.25) is 0 Å². The van der Waals surface area contributed by atoms with E-state index in [2.05, 4.69) is 21.7 Å². The molecule has 0 saturated carbocycles. The summed E-state index contributed by atoms with van der Waals surface area (Å²) in [5.74, 6) is 1.95. The minimum Gasteiger partial charge on any atom is -0.497 e. The Hall–Kier alpha value is -1.81. The molecule has 0 spiro atoms. The van der Waals surface area contributed by atoms with Gasteiger partial charge in [0.15, 0.2) is 0 Å². The van der Waals surface area contributed by atoms with Crippen molar-refractivity contribution >= 4 is 0 Å². The Balaban J connectivity index is 1.95. The third-order valence-electron chi connectivity index (χ3n) is 2.97. The third-order valence-corrected chi connectivity index (χ3v) is 2.97. The molecule has 0 radical (unpaired) electrons. The summed E-state index contributed by atoms with van der Waals surface area (Å²) >= 11 is 0. The lowest BCUT2D eigenvalue weighted by Crippen LogP contribution is -2.10. The van der Waals surface area contributed by atoms with E-state index in [-0.39, 0.29) is 0 Å². The molecule has 2 aromatic rings. The normalized spacial score (nSPS) is 10.6. The number of aromatic nitrogens is 2. The van der Waals surface area contributed by atoms with Crippen LogP contribution in [0.25, 0.3) is 0 Å². The van der Waals surface area contributed by atoms with Gasteiger partial charge < -0.3 is 15.0 Å². The Kier molecular flexibility index (Phi) is 4.36. The van der Waals surface area contributed by atoms with Crippen molar-refractivity contribution in [2.75, 3.05) is 13.7 Å². The molecule has 4 nitrogen and oxygen atoms in total. The number of aryl methyl sites for hydroxylation is 2. The van der Waals surface area contributed by atoms with Crippen LogP contribution in [0.15, 0.2) is 36.7 Å². The number of methoxy groups -OCH3 is 1. The zero-order chi connectivity index (χ0) is 12.8. The van der Waals surface area contributed by atoms with Gasteiger partial charge in [-0.1, -0.05) is 12.1 Å². The van der Waals surface area contributed by atoms with E-state index in [9.17, 15) is 0 Å². The highest BCUT2D eigenvalue weighted by molar-refractivity contribution is 5.27. The molecule has 0 unspecified atom stereocenters. The van der Waals surface area contributed by atoms with E-state index in [1.54, 1.807) is 7.11 Å². The fraction of sp³-hybridized carbons (Fsp3) is 0.357. The first-order chi connectivity index (χ1) is 8.83. The van der Waals surface area contributed by atoms with Crippen molar-refractivity contribution in [1.29, 1.82) is 0 Å². The lowest BCUT2D eigenvalue weighted by atomic mass is 10.1. The highest BCUT2D eigenvalue weighted by atomic mass is 16.5. The number of ether oxygens (including phenoxy) is 1. The monoisotopic (exact) mass is 245 g/mol. The van der Waals surface area contributed by atoms with E-state index in [0.717, 1.165) is 31.0 Å². The number of nitrogens with two attached hydrogens (primary N) is 1. The molecule has 0 fully saturated rings. The standard InChI is InChI=1S/C14H19N3O/c1-18-13-4-2-12(3-5-13)7-10-17-11-9-16-14(17)6-8-15/h2-5,9,11H,6-8,10,15H2,1H3. The fourth-order valence-corrected chi connectivity index (χ4v) is 1.94. The predicted octanol–water partition coefficient (Wildman–Crippen LogP) is 1.64. The van der Waals surface area contributed by atoms with Gasteiger partial charge in [-0.25, -0.2) is 4.98 Å². The van der Waals surface area contributed by atoms with Crippen LogP contribution >= 0.6 is 0 Å². The summed E-state index contributed by atoms with van der Waals surface area (Å²) in [6.45, 7) is 1.57. The third kappa shape index (κ3) is 3.11. The Morgan fingerprint density at radius 3 is 2.67 bits per heavy atom. The lowest BCUT2D eigenvalue weighted by Gasteiger charge is -2.07. The van der Waals surface area contributed by atoms with Gasteiger partial charge in [0.05, 0.1) is 7.11 Å². The highest BCUT2D eigenvalue weighted by Crippen LogP contribution is 2.12. The molecule has 1 heterocycles. The zero-order valence-corrected chi connectivity index (χ0v) is 10.7. The molecule has 18 heavy (non-hydrogen) atoms. The Labute approximate surface area is 107 Å². The topological polar surface area (TPSA) is 53.1 Å². The molecule has 0 aliphatic rings. The van der Waals surface area contributed by atoms with Gasteiger partial charge in [-0.15, -0.1) is 0 Å². The molecule has 0 amide bonds. The molecule has 1 aromatic heterocycles. The second kappa shape index (κ2) is 6.21. The first-order valence-electron chi connectivity index (χ1n) is 6.16. The summed E-state index contributed by atoms with van der Waals surface area (Å²) in [5, 5.41) is 0. The molecule has 96 valence electrons.